The van der Waals surface area contributed by atoms with Gasteiger partial charge >= 0.3 is 0 Å². The minimum Gasteiger partial charge on any atom is -0.508 e. The number of ether oxygens (including phenoxy) is 1. The van der Waals surface area contributed by atoms with Crippen LogP contribution in [0.25, 0.3) is 33.4 Å². The van der Waals surface area contributed by atoms with E-state index < -0.39 is 5.60 Å². The van der Waals surface area contributed by atoms with Gasteiger partial charge in [0.1, 0.15) is 23.3 Å². The minimum absolute atomic E-state index is 0.127. The first kappa shape index (κ1) is 21.6. The lowest BCUT2D eigenvalue weighted by molar-refractivity contribution is -0.140. The number of aromatic nitrogens is 4. The number of fused-ring (bicyclic) bond motifs is 1. The highest BCUT2D eigenvalue weighted by Crippen LogP contribution is 2.39. The summed E-state index contributed by atoms with van der Waals surface area (Å²) in [6, 6.07) is 5.77. The van der Waals surface area contributed by atoms with Gasteiger partial charge in [-0.2, -0.15) is 5.26 Å². The third kappa shape index (κ3) is 3.46. The van der Waals surface area contributed by atoms with Crippen LogP contribution >= 0.6 is 0 Å². The van der Waals surface area contributed by atoms with Gasteiger partial charge in [-0.25, -0.2) is 15.0 Å². The normalized spacial score (nSPS) is 14.2. The Morgan fingerprint density at radius 2 is 1.79 bits per heavy atom. The predicted octanol–water partition coefficient (Wildman–Crippen LogP) is 3.30. The van der Waals surface area contributed by atoms with Crippen LogP contribution in [0.5, 0.6) is 5.75 Å². The molecule has 1 aliphatic rings. The smallest absolute Gasteiger partial charge is 0.172 e. The number of benzene rings is 1. The first-order valence-corrected chi connectivity index (χ1v) is 10.7. The number of aromatic hydroxyl groups is 1. The Morgan fingerprint density at radius 3 is 2.44 bits per heavy atom. The van der Waals surface area contributed by atoms with Gasteiger partial charge in [-0.15, -0.1) is 0 Å². The zero-order chi connectivity index (χ0) is 24.0. The number of rotatable bonds is 2. The Morgan fingerprint density at radius 1 is 1.06 bits per heavy atom. The molecule has 3 aromatic heterocycles. The molecule has 1 saturated heterocycles. The molecule has 5 rings (SSSR count). The molecule has 0 spiro atoms. The third-order valence-corrected chi connectivity index (χ3v) is 6.02. The highest BCUT2D eigenvalue weighted by molar-refractivity contribution is 6.00. The average Bonchev–Trinajstić information content (AvgIpc) is 3.18. The molecule has 168 valence electrons. The van der Waals surface area contributed by atoms with Crippen LogP contribution in [0.2, 0.25) is 0 Å². The molecule has 0 unspecified atom stereocenters. The molecule has 1 aliphatic heterocycles. The zero-order valence-electron chi connectivity index (χ0n) is 18.9. The van der Waals surface area contributed by atoms with Crippen molar-refractivity contribution in [2.45, 2.75) is 26.4 Å². The molecule has 8 nitrogen and oxygen atoms in total. The van der Waals surface area contributed by atoms with Crippen molar-refractivity contribution in [2.24, 2.45) is 0 Å². The van der Waals surface area contributed by atoms with E-state index in [9.17, 15) is 15.5 Å². The van der Waals surface area contributed by atoms with Gasteiger partial charge in [0.2, 0.25) is 0 Å². The summed E-state index contributed by atoms with van der Waals surface area (Å²) in [7, 11) is 0. The van der Waals surface area contributed by atoms with Crippen LogP contribution in [0.15, 0.2) is 30.7 Å². The van der Waals surface area contributed by atoms with Gasteiger partial charge in [0.15, 0.2) is 5.60 Å². The molecule has 0 bridgehead atoms. The number of aryl methyl sites for hydroxylation is 2. The summed E-state index contributed by atoms with van der Waals surface area (Å²) in [6.07, 6.45) is 4.98. The van der Waals surface area contributed by atoms with E-state index in [2.05, 4.69) is 37.8 Å². The van der Waals surface area contributed by atoms with Crippen molar-refractivity contribution in [1.82, 2.24) is 19.9 Å². The van der Waals surface area contributed by atoms with Gasteiger partial charge in [-0.1, -0.05) is 17.9 Å². The quantitative estimate of drug-likeness (QED) is 0.399. The molecule has 34 heavy (non-hydrogen) atoms. The fourth-order valence-corrected chi connectivity index (χ4v) is 4.12. The molecular weight excluding hydrogens is 430 g/mol. The van der Waals surface area contributed by atoms with Crippen molar-refractivity contribution >= 4 is 11.0 Å². The SMILES string of the molecule is Cc1ncc(-c2[nH]c3ncc(-c4c(C)ccc(O)c4C)c(C#N)c3c2C#CC2(O)COC2)cn1. The summed E-state index contributed by atoms with van der Waals surface area (Å²) in [6.45, 7) is 5.78. The Bertz CT molecular complexity index is 1550. The van der Waals surface area contributed by atoms with Gasteiger partial charge in [-0.3, -0.25) is 0 Å². The average molecular weight is 451 g/mol. The third-order valence-electron chi connectivity index (χ3n) is 6.02. The van der Waals surface area contributed by atoms with E-state index in [0.717, 1.165) is 11.1 Å². The first-order chi connectivity index (χ1) is 16.3. The summed E-state index contributed by atoms with van der Waals surface area (Å²) in [5.41, 5.74) is 4.34. The van der Waals surface area contributed by atoms with Crippen LogP contribution in [0, 0.1) is 43.9 Å². The number of phenolic OH excluding ortho intramolecular Hbond substituents is 1. The summed E-state index contributed by atoms with van der Waals surface area (Å²) >= 11 is 0. The number of nitrogens with one attached hydrogen (secondary N) is 1. The lowest BCUT2D eigenvalue weighted by Gasteiger charge is -2.30. The minimum atomic E-state index is -1.24. The number of nitrogens with zero attached hydrogens (tertiary/aromatic N) is 4. The van der Waals surface area contributed by atoms with Crippen molar-refractivity contribution in [2.75, 3.05) is 13.2 Å². The molecular formula is C26H21N5O3. The second-order valence-corrected chi connectivity index (χ2v) is 8.45. The number of hydrogen-bond donors (Lipinski definition) is 3. The summed E-state index contributed by atoms with van der Waals surface area (Å²) in [4.78, 5) is 16.4. The first-order valence-electron chi connectivity index (χ1n) is 10.7. The van der Waals surface area contributed by atoms with Gasteiger partial charge in [-0.05, 0) is 43.5 Å². The van der Waals surface area contributed by atoms with Crippen LogP contribution in [0.1, 0.15) is 28.1 Å². The van der Waals surface area contributed by atoms with E-state index in [0.29, 0.717) is 50.4 Å². The summed E-state index contributed by atoms with van der Waals surface area (Å²) < 4.78 is 5.11. The second-order valence-electron chi connectivity index (χ2n) is 8.45. The van der Waals surface area contributed by atoms with Crippen molar-refractivity contribution in [3.63, 3.8) is 0 Å². The molecule has 4 heterocycles. The van der Waals surface area contributed by atoms with E-state index in [1.165, 1.54) is 0 Å². The van der Waals surface area contributed by atoms with Crippen LogP contribution in [-0.4, -0.2) is 49.0 Å². The number of aliphatic hydroxyl groups is 1. The molecule has 0 aliphatic carbocycles. The fourth-order valence-electron chi connectivity index (χ4n) is 4.12. The molecule has 4 aromatic rings. The van der Waals surface area contributed by atoms with Crippen LogP contribution in [-0.2, 0) is 4.74 Å². The molecule has 1 aromatic carbocycles. The maximum atomic E-state index is 10.5. The van der Waals surface area contributed by atoms with Crippen molar-refractivity contribution in [1.29, 1.82) is 5.26 Å². The van der Waals surface area contributed by atoms with E-state index in [1.807, 2.05) is 19.9 Å². The van der Waals surface area contributed by atoms with E-state index in [-0.39, 0.29) is 19.0 Å². The topological polar surface area (TPSA) is 128 Å². The van der Waals surface area contributed by atoms with E-state index in [1.54, 1.807) is 31.6 Å². The number of aromatic amines is 1. The summed E-state index contributed by atoms with van der Waals surface area (Å²) in [5.74, 6) is 6.74. The van der Waals surface area contributed by atoms with Crippen LogP contribution in [0.3, 0.4) is 0 Å². The lowest BCUT2D eigenvalue weighted by Crippen LogP contribution is -2.48. The molecule has 0 atom stereocenters. The number of hydrogen-bond acceptors (Lipinski definition) is 7. The zero-order valence-corrected chi connectivity index (χ0v) is 18.9. The molecule has 0 radical (unpaired) electrons. The van der Waals surface area contributed by atoms with Crippen LogP contribution in [0.4, 0.5) is 0 Å². The number of nitriles is 1. The van der Waals surface area contributed by atoms with Crippen molar-refractivity contribution in [3.05, 3.63) is 58.8 Å². The molecule has 3 N–H and O–H groups in total. The van der Waals surface area contributed by atoms with Crippen molar-refractivity contribution in [3.8, 4) is 46.0 Å². The largest absolute Gasteiger partial charge is 0.508 e. The number of H-pyrrole nitrogens is 1. The van der Waals surface area contributed by atoms with Crippen molar-refractivity contribution < 1.29 is 14.9 Å². The maximum Gasteiger partial charge on any atom is 0.172 e. The Kier molecular flexibility index (Phi) is 5.06. The van der Waals surface area contributed by atoms with Crippen LogP contribution < -0.4 is 0 Å². The second kappa shape index (κ2) is 7.96. The predicted molar refractivity (Wildman–Crippen MR) is 126 cm³/mol. The Balaban J connectivity index is 1.84. The fraction of sp³-hybridized carbons (Fsp3) is 0.231. The molecule has 8 heteroatoms. The Hall–Kier alpha value is -4.24. The summed E-state index contributed by atoms with van der Waals surface area (Å²) in [5, 5.41) is 31.6. The molecule has 1 fully saturated rings. The molecule has 0 saturated carbocycles. The molecule has 0 amide bonds. The number of pyridine rings is 1. The highest BCUT2D eigenvalue weighted by Gasteiger charge is 2.34. The van der Waals surface area contributed by atoms with Gasteiger partial charge in [0, 0.05) is 29.7 Å². The highest BCUT2D eigenvalue weighted by atomic mass is 16.5. The van der Waals surface area contributed by atoms with Gasteiger partial charge in [0.25, 0.3) is 0 Å². The van der Waals surface area contributed by atoms with E-state index in [4.69, 9.17) is 4.74 Å². The van der Waals surface area contributed by atoms with Gasteiger partial charge < -0.3 is 19.9 Å². The lowest BCUT2D eigenvalue weighted by atomic mass is 9.91. The Labute approximate surface area is 195 Å². The number of phenols is 1. The van der Waals surface area contributed by atoms with E-state index >= 15 is 0 Å². The maximum absolute atomic E-state index is 10.5. The standard InChI is InChI=1S/C26H21N5O3/c1-14-4-5-21(32)15(2)22(14)20-11-30-25-23(19(20)8-27)18(6-7-26(33)12-34-13-26)24(31-25)17-9-28-16(3)29-10-17/h4-5,9-11,32-33H,12-13H2,1-3H3,(H,30,31). The van der Waals surface area contributed by atoms with Gasteiger partial charge in [0.05, 0.1) is 35.4 Å². The monoisotopic (exact) mass is 451 g/mol.